The fraction of sp³-hybridized carbons (Fsp3) is 0.941. The maximum Gasteiger partial charge on any atom is 0.361 e. The molecule has 0 heterocycles. The molecule has 0 atom stereocenters. The van der Waals surface area contributed by atoms with Crippen molar-refractivity contribution < 1.29 is 31.0 Å². The number of ether oxygens (including phenoxy) is 1. The summed E-state index contributed by atoms with van der Waals surface area (Å²) < 4.78 is 5.87. The van der Waals surface area contributed by atoms with Gasteiger partial charge in [0.15, 0.2) is 6.54 Å². The van der Waals surface area contributed by atoms with Crippen LogP contribution in [0.4, 0.5) is 0 Å². The van der Waals surface area contributed by atoms with Crippen LogP contribution in [0.3, 0.4) is 0 Å². The van der Waals surface area contributed by atoms with E-state index in [1.165, 1.54) is 57.8 Å². The minimum Gasteiger partial charge on any atom is -1.00 e. The largest absolute Gasteiger partial charge is 1.00 e. The molecule has 0 aromatic rings. The molecule has 0 aromatic heterocycles. The van der Waals surface area contributed by atoms with Gasteiger partial charge in [-0.05, 0) is 6.42 Å². The minimum atomic E-state index is -0.0755. The number of hydrogen-bond acceptors (Lipinski definition) is 2. The first-order chi connectivity index (χ1) is 9.45. The molecule has 0 amide bonds. The summed E-state index contributed by atoms with van der Waals surface area (Å²) in [6.07, 6.45) is 13.1. The topological polar surface area (TPSA) is 26.3 Å². The quantitative estimate of drug-likeness (QED) is 0.278. The van der Waals surface area contributed by atoms with Crippen LogP contribution in [-0.2, 0) is 9.53 Å². The number of hydrogen-bond donors (Lipinski definition) is 0. The third kappa shape index (κ3) is 19.9. The number of unbranched alkanes of at least 4 members (excludes halogenated alkanes) is 9. The Kier molecular flexibility index (Phi) is 16.4. The van der Waals surface area contributed by atoms with Gasteiger partial charge in [0.05, 0.1) is 27.7 Å². The van der Waals surface area contributed by atoms with E-state index in [4.69, 9.17) is 4.74 Å². The van der Waals surface area contributed by atoms with Gasteiger partial charge in [0, 0.05) is 0 Å². The Bertz CT molecular complexity index is 239. The zero-order valence-electron chi connectivity index (χ0n) is 14.6. The van der Waals surface area contributed by atoms with Crippen LogP contribution < -0.4 is 17.0 Å². The molecule has 3 nitrogen and oxygen atoms in total. The number of esters is 1. The Morgan fingerprint density at radius 2 is 1.24 bits per heavy atom. The fourth-order valence-corrected chi connectivity index (χ4v) is 2.21. The number of quaternary nitrogens is 1. The van der Waals surface area contributed by atoms with E-state index in [0.29, 0.717) is 17.6 Å². The number of likely N-dealkylation sites (N-methyl/N-ethyl adjacent to an activating group) is 1. The second kappa shape index (κ2) is 14.8. The van der Waals surface area contributed by atoms with Gasteiger partial charge in [-0.1, -0.05) is 64.7 Å². The van der Waals surface area contributed by atoms with E-state index in [9.17, 15) is 4.79 Å². The molecule has 0 saturated carbocycles. The molecule has 0 fully saturated rings. The molecule has 0 aromatic carbocycles. The average Bonchev–Trinajstić information content (AvgIpc) is 2.34. The number of carbonyl (C=O) groups is 1. The maximum atomic E-state index is 11.5. The molecule has 0 unspecified atom stereocenters. The molecule has 0 N–H and O–H groups in total. The van der Waals surface area contributed by atoms with Crippen molar-refractivity contribution in [1.82, 2.24) is 0 Å². The highest BCUT2D eigenvalue weighted by Gasteiger charge is 2.14. The zero-order chi connectivity index (χ0) is 15.3. The van der Waals surface area contributed by atoms with Crippen LogP contribution >= 0.6 is 0 Å². The molecule has 0 spiro atoms. The molecule has 0 bridgehead atoms. The highest BCUT2D eigenvalue weighted by atomic mass is 79.9. The lowest BCUT2D eigenvalue weighted by atomic mass is 10.1. The Labute approximate surface area is 142 Å². The average molecular weight is 366 g/mol. The van der Waals surface area contributed by atoms with E-state index in [1.54, 1.807) is 0 Å². The summed E-state index contributed by atoms with van der Waals surface area (Å²) in [4.78, 5) is 11.5. The number of halogens is 1. The molecule has 0 aliphatic carbocycles. The lowest BCUT2D eigenvalue weighted by molar-refractivity contribution is -0.862. The number of rotatable bonds is 13. The Balaban J connectivity index is 0. The van der Waals surface area contributed by atoms with Crippen molar-refractivity contribution in [2.75, 3.05) is 34.3 Å². The molecular weight excluding hydrogens is 330 g/mol. The van der Waals surface area contributed by atoms with E-state index < -0.39 is 0 Å². The monoisotopic (exact) mass is 365 g/mol. The Hall–Kier alpha value is -0.0900. The zero-order valence-corrected chi connectivity index (χ0v) is 16.2. The predicted molar refractivity (Wildman–Crippen MR) is 85.7 cm³/mol. The van der Waals surface area contributed by atoms with Crippen LogP contribution in [0.1, 0.15) is 71.1 Å². The molecule has 0 aliphatic rings. The first-order valence-electron chi connectivity index (χ1n) is 8.42. The van der Waals surface area contributed by atoms with Gasteiger partial charge in [-0.2, -0.15) is 0 Å². The summed E-state index contributed by atoms with van der Waals surface area (Å²) in [5, 5.41) is 0. The highest BCUT2D eigenvalue weighted by molar-refractivity contribution is 5.70. The van der Waals surface area contributed by atoms with Gasteiger partial charge < -0.3 is 26.2 Å². The van der Waals surface area contributed by atoms with Gasteiger partial charge in [-0.25, -0.2) is 4.79 Å². The van der Waals surface area contributed by atoms with Crippen molar-refractivity contribution in [3.05, 3.63) is 0 Å². The highest BCUT2D eigenvalue weighted by Crippen LogP contribution is 2.10. The summed E-state index contributed by atoms with van der Waals surface area (Å²) in [5.41, 5.74) is 0. The fourth-order valence-electron chi connectivity index (χ4n) is 2.21. The Morgan fingerprint density at radius 1 is 0.810 bits per heavy atom. The van der Waals surface area contributed by atoms with Gasteiger partial charge >= 0.3 is 5.97 Å². The van der Waals surface area contributed by atoms with Gasteiger partial charge in [0.1, 0.15) is 0 Å². The van der Waals surface area contributed by atoms with Crippen molar-refractivity contribution in [3.63, 3.8) is 0 Å². The van der Waals surface area contributed by atoms with Gasteiger partial charge in [-0.15, -0.1) is 0 Å². The molecule has 0 radical (unpaired) electrons. The third-order valence-corrected chi connectivity index (χ3v) is 3.36. The molecular formula is C17H36BrNO2. The minimum absolute atomic E-state index is 0. The molecule has 4 heteroatoms. The second-order valence-electron chi connectivity index (χ2n) is 6.85. The van der Waals surface area contributed by atoms with Gasteiger partial charge in [-0.3, -0.25) is 0 Å². The molecule has 21 heavy (non-hydrogen) atoms. The van der Waals surface area contributed by atoms with Crippen LogP contribution in [0, 0.1) is 0 Å². The van der Waals surface area contributed by atoms with E-state index in [-0.39, 0.29) is 23.0 Å². The van der Waals surface area contributed by atoms with Crippen LogP contribution in [0.25, 0.3) is 0 Å². The van der Waals surface area contributed by atoms with E-state index >= 15 is 0 Å². The SMILES string of the molecule is CCCCCCCCCCCCOC(=O)C[N+](C)(C)C.[Br-]. The Morgan fingerprint density at radius 3 is 1.67 bits per heavy atom. The van der Waals surface area contributed by atoms with Gasteiger partial charge in [0.2, 0.25) is 0 Å². The first-order valence-corrected chi connectivity index (χ1v) is 8.42. The number of nitrogens with zero attached hydrogens (tertiary/aromatic N) is 1. The van der Waals surface area contributed by atoms with Crippen molar-refractivity contribution >= 4 is 5.97 Å². The second-order valence-corrected chi connectivity index (χ2v) is 6.85. The summed E-state index contributed by atoms with van der Waals surface area (Å²) in [5.74, 6) is -0.0755. The molecule has 128 valence electrons. The lowest BCUT2D eigenvalue weighted by Gasteiger charge is -2.22. The van der Waals surface area contributed by atoms with Crippen LogP contribution in [0.2, 0.25) is 0 Å². The normalized spacial score (nSPS) is 11.0. The smallest absolute Gasteiger partial charge is 0.361 e. The summed E-state index contributed by atoms with van der Waals surface area (Å²) >= 11 is 0. The van der Waals surface area contributed by atoms with Crippen LogP contribution in [0.5, 0.6) is 0 Å². The maximum absolute atomic E-state index is 11.5. The van der Waals surface area contributed by atoms with Gasteiger partial charge in [0.25, 0.3) is 0 Å². The molecule has 0 rings (SSSR count). The molecule has 0 aliphatic heterocycles. The summed E-state index contributed by atoms with van der Waals surface area (Å²) in [7, 11) is 6.01. The van der Waals surface area contributed by atoms with Crippen LogP contribution in [-0.4, -0.2) is 44.7 Å². The van der Waals surface area contributed by atoms with Crippen molar-refractivity contribution in [2.45, 2.75) is 71.1 Å². The first kappa shape index (κ1) is 23.2. The van der Waals surface area contributed by atoms with E-state index in [0.717, 1.165) is 6.42 Å². The molecule has 0 saturated heterocycles. The van der Waals surface area contributed by atoms with Crippen molar-refractivity contribution in [3.8, 4) is 0 Å². The third-order valence-electron chi connectivity index (χ3n) is 3.36. The standard InChI is InChI=1S/C17H36NO2.BrH/c1-5-6-7-8-9-10-11-12-13-14-15-20-17(19)16-18(2,3)4;/h5-16H2,1-4H3;1H/q+1;/p-1. The number of carbonyl (C=O) groups excluding carboxylic acids is 1. The van der Waals surface area contributed by atoms with Crippen molar-refractivity contribution in [1.29, 1.82) is 0 Å². The lowest BCUT2D eigenvalue weighted by Crippen LogP contribution is -3.00. The van der Waals surface area contributed by atoms with E-state index in [2.05, 4.69) is 6.92 Å². The summed E-state index contributed by atoms with van der Waals surface area (Å²) in [6, 6.07) is 0. The summed E-state index contributed by atoms with van der Waals surface area (Å²) in [6.45, 7) is 3.31. The van der Waals surface area contributed by atoms with E-state index in [1.807, 2.05) is 21.1 Å². The van der Waals surface area contributed by atoms with Crippen molar-refractivity contribution in [2.24, 2.45) is 0 Å². The van der Waals surface area contributed by atoms with Crippen LogP contribution in [0.15, 0.2) is 0 Å². The predicted octanol–water partition coefficient (Wildman–Crippen LogP) is 1.16.